The van der Waals surface area contributed by atoms with Crippen LogP contribution in [0.2, 0.25) is 10.0 Å². The van der Waals surface area contributed by atoms with Crippen molar-refractivity contribution in [3.8, 4) is 5.75 Å². The Morgan fingerprint density at radius 2 is 1.79 bits per heavy atom. The Kier molecular flexibility index (Phi) is 9.01. The molecule has 3 rings (SSSR count). The fourth-order valence-electron chi connectivity index (χ4n) is 4.17. The van der Waals surface area contributed by atoms with Gasteiger partial charge in [0.2, 0.25) is 5.91 Å². The molecule has 0 aromatic heterocycles. The Hall–Kier alpha value is -2.28. The van der Waals surface area contributed by atoms with E-state index in [1.165, 1.54) is 6.07 Å². The smallest absolute Gasteiger partial charge is 0.253 e. The molecule has 0 unspecified atom stereocenters. The van der Waals surface area contributed by atoms with E-state index in [9.17, 15) is 9.59 Å². The van der Waals surface area contributed by atoms with Crippen LogP contribution in [0.3, 0.4) is 0 Å². The molecule has 8 heteroatoms. The van der Waals surface area contributed by atoms with Gasteiger partial charge in [-0.05, 0) is 56.1 Å². The van der Waals surface area contributed by atoms with Gasteiger partial charge < -0.3 is 15.4 Å². The number of carbonyl (C=O) groups is 2. The molecule has 6 nitrogen and oxygen atoms in total. The van der Waals surface area contributed by atoms with E-state index in [1.54, 1.807) is 19.2 Å². The van der Waals surface area contributed by atoms with E-state index in [2.05, 4.69) is 15.5 Å². The highest BCUT2D eigenvalue weighted by Gasteiger charge is 2.29. The van der Waals surface area contributed by atoms with Gasteiger partial charge >= 0.3 is 0 Å². The van der Waals surface area contributed by atoms with Crippen molar-refractivity contribution < 1.29 is 14.3 Å². The average molecular weight is 492 g/mol. The van der Waals surface area contributed by atoms with Crippen molar-refractivity contribution in [2.24, 2.45) is 5.92 Å². The van der Waals surface area contributed by atoms with Crippen molar-refractivity contribution in [3.05, 3.63) is 63.6 Å². The molecule has 2 aromatic rings. The molecule has 0 spiro atoms. The van der Waals surface area contributed by atoms with Gasteiger partial charge in [0.25, 0.3) is 5.91 Å². The third-order valence-corrected chi connectivity index (χ3v) is 6.51. The lowest BCUT2D eigenvalue weighted by Gasteiger charge is -2.30. The van der Waals surface area contributed by atoms with E-state index >= 15 is 0 Å². The van der Waals surface area contributed by atoms with Gasteiger partial charge in [0, 0.05) is 17.1 Å². The fraction of sp³-hybridized carbons (Fsp3) is 0.440. The molecule has 2 N–H and O–H groups in total. The number of para-hydroxylation sites is 1. The van der Waals surface area contributed by atoms with Gasteiger partial charge in [0.05, 0.1) is 23.7 Å². The minimum absolute atomic E-state index is 0.0122. The summed E-state index contributed by atoms with van der Waals surface area (Å²) in [6.07, 6.45) is 2.26. The number of halogens is 2. The second-order valence-electron chi connectivity index (χ2n) is 8.57. The maximum Gasteiger partial charge on any atom is 0.253 e. The molecule has 2 aromatic carbocycles. The van der Waals surface area contributed by atoms with E-state index in [0.717, 1.165) is 37.2 Å². The number of benzene rings is 2. The highest BCUT2D eigenvalue weighted by Crippen LogP contribution is 2.31. The first kappa shape index (κ1) is 25.3. The largest absolute Gasteiger partial charge is 0.496 e. The lowest BCUT2D eigenvalue weighted by atomic mass is 10.0. The average Bonchev–Trinajstić information content (AvgIpc) is 3.32. The normalized spacial score (nSPS) is 15.8. The van der Waals surface area contributed by atoms with Crippen LogP contribution in [0.4, 0.5) is 0 Å². The van der Waals surface area contributed by atoms with E-state index in [4.69, 9.17) is 27.9 Å². The third-order valence-electron chi connectivity index (χ3n) is 5.96. The molecule has 1 aliphatic heterocycles. The molecule has 1 fully saturated rings. The van der Waals surface area contributed by atoms with Gasteiger partial charge in [-0.1, -0.05) is 55.2 Å². The molecule has 1 aliphatic rings. The Balaban J connectivity index is 1.73. The molecular formula is C25H31Cl2N3O3. The SMILES string of the molecule is COc1ccccc1[C@H](CNC(=O)[C@H](NC(=O)c1ccc(Cl)cc1Cl)C(C)C)N1CCCC1. The third kappa shape index (κ3) is 6.40. The number of hydrogen-bond acceptors (Lipinski definition) is 4. The molecule has 1 saturated heterocycles. The summed E-state index contributed by atoms with van der Waals surface area (Å²) >= 11 is 12.1. The van der Waals surface area contributed by atoms with Crippen molar-refractivity contribution in [2.75, 3.05) is 26.7 Å². The number of carbonyl (C=O) groups excluding carboxylic acids is 2. The second kappa shape index (κ2) is 11.7. The minimum atomic E-state index is -0.707. The number of likely N-dealkylation sites (tertiary alicyclic amines) is 1. The van der Waals surface area contributed by atoms with Gasteiger partial charge in [0.1, 0.15) is 11.8 Å². The predicted octanol–water partition coefficient (Wildman–Crippen LogP) is 4.71. The maximum atomic E-state index is 13.2. The van der Waals surface area contributed by atoms with Gasteiger partial charge in [-0.15, -0.1) is 0 Å². The van der Waals surface area contributed by atoms with Gasteiger partial charge in [-0.25, -0.2) is 0 Å². The van der Waals surface area contributed by atoms with Crippen LogP contribution in [-0.4, -0.2) is 49.5 Å². The standard InChI is InChI=1S/C25H31Cl2N3O3/c1-16(2)23(29-24(31)18-11-10-17(26)14-20(18)27)25(32)28-15-21(30-12-6-7-13-30)19-8-4-5-9-22(19)33-3/h4-5,8-11,14,16,21,23H,6-7,12-13,15H2,1-3H3,(H,28,32)(H,29,31)/t21-,23+/m0/s1. The summed E-state index contributed by atoms with van der Waals surface area (Å²) in [6, 6.07) is 11.8. The highest BCUT2D eigenvalue weighted by molar-refractivity contribution is 6.36. The van der Waals surface area contributed by atoms with E-state index < -0.39 is 11.9 Å². The van der Waals surface area contributed by atoms with E-state index in [0.29, 0.717) is 11.6 Å². The van der Waals surface area contributed by atoms with E-state index in [-0.39, 0.29) is 28.5 Å². The minimum Gasteiger partial charge on any atom is -0.496 e. The fourth-order valence-corrected chi connectivity index (χ4v) is 4.66. The molecule has 0 radical (unpaired) electrons. The molecule has 0 aliphatic carbocycles. The summed E-state index contributed by atoms with van der Waals surface area (Å²) in [6.45, 7) is 6.15. The lowest BCUT2D eigenvalue weighted by molar-refractivity contribution is -0.124. The number of nitrogens with one attached hydrogen (secondary N) is 2. The van der Waals surface area contributed by atoms with E-state index in [1.807, 2.05) is 38.1 Å². The first-order chi connectivity index (χ1) is 15.8. The molecular weight excluding hydrogens is 461 g/mol. The van der Waals surface area contributed by atoms with Gasteiger partial charge in [-0.3, -0.25) is 14.5 Å². The lowest BCUT2D eigenvalue weighted by Crippen LogP contribution is -2.51. The molecule has 2 amide bonds. The summed E-state index contributed by atoms with van der Waals surface area (Å²) in [5.74, 6) is 0.0418. The molecule has 2 atom stereocenters. The highest BCUT2D eigenvalue weighted by atomic mass is 35.5. The zero-order valence-electron chi connectivity index (χ0n) is 19.2. The van der Waals surface area contributed by atoms with Crippen LogP contribution in [0, 0.1) is 5.92 Å². The quantitative estimate of drug-likeness (QED) is 0.532. The molecule has 33 heavy (non-hydrogen) atoms. The van der Waals surface area contributed by atoms with Crippen molar-refractivity contribution in [2.45, 2.75) is 38.8 Å². The summed E-state index contributed by atoms with van der Waals surface area (Å²) in [4.78, 5) is 28.3. The first-order valence-corrected chi connectivity index (χ1v) is 12.0. The van der Waals surface area contributed by atoms with Crippen LogP contribution >= 0.6 is 23.2 Å². The van der Waals surface area contributed by atoms with Crippen LogP contribution in [-0.2, 0) is 4.79 Å². The van der Waals surface area contributed by atoms with Crippen LogP contribution in [0.15, 0.2) is 42.5 Å². The number of methoxy groups -OCH3 is 1. The summed E-state index contributed by atoms with van der Waals surface area (Å²) in [5.41, 5.74) is 1.32. The Bertz CT molecular complexity index is 977. The molecule has 1 heterocycles. The molecule has 0 bridgehead atoms. The molecule has 178 valence electrons. The predicted molar refractivity (Wildman–Crippen MR) is 132 cm³/mol. The van der Waals surface area contributed by atoms with Crippen molar-refractivity contribution in [1.82, 2.24) is 15.5 Å². The Morgan fingerprint density at radius 1 is 1.09 bits per heavy atom. The van der Waals surface area contributed by atoms with Crippen LogP contribution < -0.4 is 15.4 Å². The zero-order valence-corrected chi connectivity index (χ0v) is 20.7. The van der Waals surface area contributed by atoms with Crippen molar-refractivity contribution >= 4 is 35.0 Å². The van der Waals surface area contributed by atoms with Crippen molar-refractivity contribution in [3.63, 3.8) is 0 Å². The maximum absolute atomic E-state index is 13.2. The van der Waals surface area contributed by atoms with Crippen LogP contribution in [0.5, 0.6) is 5.75 Å². The first-order valence-electron chi connectivity index (χ1n) is 11.2. The number of rotatable bonds is 9. The number of amides is 2. The summed E-state index contributed by atoms with van der Waals surface area (Å²) in [7, 11) is 1.66. The monoisotopic (exact) mass is 491 g/mol. The second-order valence-corrected chi connectivity index (χ2v) is 9.41. The molecule has 0 saturated carbocycles. The zero-order chi connectivity index (χ0) is 24.0. The van der Waals surface area contributed by atoms with Gasteiger partial charge in [0.15, 0.2) is 0 Å². The van der Waals surface area contributed by atoms with Gasteiger partial charge in [-0.2, -0.15) is 0 Å². The Labute approximate surface area is 205 Å². The number of ether oxygens (including phenoxy) is 1. The Morgan fingerprint density at radius 3 is 2.42 bits per heavy atom. The number of nitrogens with zero attached hydrogens (tertiary/aromatic N) is 1. The van der Waals surface area contributed by atoms with Crippen molar-refractivity contribution in [1.29, 1.82) is 0 Å². The summed E-state index contributed by atoms with van der Waals surface area (Å²) in [5, 5.41) is 6.59. The summed E-state index contributed by atoms with van der Waals surface area (Å²) < 4.78 is 5.58. The topological polar surface area (TPSA) is 70.7 Å². The number of hydrogen-bond donors (Lipinski definition) is 2. The van der Waals surface area contributed by atoms with Crippen LogP contribution in [0.1, 0.15) is 48.7 Å². The van der Waals surface area contributed by atoms with Crippen LogP contribution in [0.25, 0.3) is 0 Å².